The van der Waals surface area contributed by atoms with Crippen molar-refractivity contribution in [3.63, 3.8) is 0 Å². The third-order valence-electron chi connectivity index (χ3n) is 5.45. The maximum atomic E-state index is 13.3. The van der Waals surface area contributed by atoms with E-state index in [1.165, 1.54) is 24.4 Å². The van der Waals surface area contributed by atoms with Crippen LogP contribution in [0.4, 0.5) is 11.4 Å². The first-order valence-electron chi connectivity index (χ1n) is 12.0. The molecule has 0 aliphatic heterocycles. The number of sulfonamides is 1. The Kier molecular flexibility index (Phi) is 9.50. The van der Waals surface area contributed by atoms with Crippen LogP contribution in [0, 0.1) is 0 Å². The molecule has 0 heterocycles. The molecule has 2 amide bonds. The summed E-state index contributed by atoms with van der Waals surface area (Å²) in [5, 5.41) is 6.84. The molecule has 204 valence electrons. The molecule has 4 rings (SSSR count). The van der Waals surface area contributed by atoms with Crippen LogP contribution >= 0.6 is 11.6 Å². The highest BCUT2D eigenvalue weighted by Crippen LogP contribution is 2.30. The molecule has 0 aromatic heterocycles. The topological polar surface area (TPSA) is 117 Å². The number of hydrogen-bond acceptors (Lipinski definition) is 6. The van der Waals surface area contributed by atoms with Gasteiger partial charge in [0.2, 0.25) is 0 Å². The number of carbonyl (C=O) groups excluding carboxylic acids is 2. The van der Waals surface area contributed by atoms with Gasteiger partial charge in [0.05, 0.1) is 21.8 Å². The van der Waals surface area contributed by atoms with Crippen molar-refractivity contribution in [3.05, 3.63) is 120 Å². The van der Waals surface area contributed by atoms with Crippen molar-refractivity contribution < 1.29 is 22.7 Å². The summed E-state index contributed by atoms with van der Waals surface area (Å²) < 4.78 is 33.1. The third kappa shape index (κ3) is 7.68. The second-order valence-corrected chi connectivity index (χ2v) is 10.6. The predicted octanol–water partition coefficient (Wildman–Crippen LogP) is 4.70. The van der Waals surface area contributed by atoms with Crippen LogP contribution < -0.4 is 19.8 Å². The molecule has 0 radical (unpaired) electrons. The number of ether oxygens (including phenoxy) is 1. The van der Waals surface area contributed by atoms with Crippen molar-refractivity contribution in [1.82, 2.24) is 5.43 Å². The van der Waals surface area contributed by atoms with Crippen molar-refractivity contribution in [2.75, 3.05) is 22.8 Å². The zero-order valence-corrected chi connectivity index (χ0v) is 22.7. The molecule has 0 fully saturated rings. The van der Waals surface area contributed by atoms with Crippen molar-refractivity contribution >= 4 is 51.0 Å². The van der Waals surface area contributed by atoms with E-state index in [1.807, 2.05) is 18.2 Å². The van der Waals surface area contributed by atoms with Gasteiger partial charge in [-0.2, -0.15) is 5.10 Å². The summed E-state index contributed by atoms with van der Waals surface area (Å²) in [6.45, 7) is -0.706. The molecule has 0 aliphatic carbocycles. The molecule has 2 N–H and O–H groups in total. The van der Waals surface area contributed by atoms with Crippen molar-refractivity contribution in [3.8, 4) is 5.75 Å². The fourth-order valence-corrected chi connectivity index (χ4v) is 5.28. The number of halogens is 1. The Labute approximate surface area is 237 Å². The van der Waals surface area contributed by atoms with Gasteiger partial charge in [-0.1, -0.05) is 60.1 Å². The van der Waals surface area contributed by atoms with E-state index in [9.17, 15) is 18.0 Å². The second-order valence-electron chi connectivity index (χ2n) is 8.34. The second kappa shape index (κ2) is 13.4. The monoisotopic (exact) mass is 576 g/mol. The van der Waals surface area contributed by atoms with E-state index in [2.05, 4.69) is 15.8 Å². The number of hydrogen-bond donors (Lipinski definition) is 2. The van der Waals surface area contributed by atoms with Gasteiger partial charge in [-0.05, 0) is 66.2 Å². The quantitative estimate of drug-likeness (QED) is 0.198. The molecule has 4 aromatic carbocycles. The summed E-state index contributed by atoms with van der Waals surface area (Å²) >= 11 is 6.27. The van der Waals surface area contributed by atoms with E-state index < -0.39 is 22.5 Å². The lowest BCUT2D eigenvalue weighted by atomic mass is 10.2. The Balaban J connectivity index is 1.35. The van der Waals surface area contributed by atoms with E-state index >= 15 is 0 Å². The normalized spacial score (nSPS) is 11.1. The Bertz CT molecular complexity index is 1580. The molecule has 11 heteroatoms. The molecule has 9 nitrogen and oxygen atoms in total. The van der Waals surface area contributed by atoms with Gasteiger partial charge in [0.1, 0.15) is 12.3 Å². The molecule has 4 aromatic rings. The first-order valence-corrected chi connectivity index (χ1v) is 13.9. The number of nitrogens with one attached hydrogen (secondary N) is 2. The molecule has 0 aliphatic rings. The minimum absolute atomic E-state index is 0.0195. The van der Waals surface area contributed by atoms with Crippen LogP contribution in [0.1, 0.15) is 5.56 Å². The first-order chi connectivity index (χ1) is 19.3. The number of hydrazone groups is 1. The van der Waals surface area contributed by atoms with Crippen molar-refractivity contribution in [1.29, 1.82) is 0 Å². The zero-order chi connectivity index (χ0) is 28.4. The van der Waals surface area contributed by atoms with E-state index in [0.717, 1.165) is 4.31 Å². The van der Waals surface area contributed by atoms with Crippen molar-refractivity contribution in [2.45, 2.75) is 4.90 Å². The Hall–Kier alpha value is -4.67. The van der Waals surface area contributed by atoms with Crippen LogP contribution in [0.25, 0.3) is 0 Å². The fourth-order valence-electron chi connectivity index (χ4n) is 3.54. The Morgan fingerprint density at radius 3 is 2.12 bits per heavy atom. The summed E-state index contributed by atoms with van der Waals surface area (Å²) in [6.07, 6.45) is 1.40. The van der Waals surface area contributed by atoms with Crippen LogP contribution in [0.5, 0.6) is 5.75 Å². The van der Waals surface area contributed by atoms with E-state index in [4.69, 9.17) is 16.3 Å². The minimum Gasteiger partial charge on any atom is -0.484 e. The Morgan fingerprint density at radius 2 is 1.45 bits per heavy atom. The first kappa shape index (κ1) is 28.3. The lowest BCUT2D eigenvalue weighted by molar-refractivity contribution is -0.119. The number of para-hydroxylation sites is 2. The van der Waals surface area contributed by atoms with Crippen LogP contribution in [-0.2, 0) is 19.6 Å². The van der Waals surface area contributed by atoms with Crippen LogP contribution in [-0.4, -0.2) is 39.6 Å². The Morgan fingerprint density at radius 1 is 0.825 bits per heavy atom. The maximum Gasteiger partial charge on any atom is 0.264 e. The number of amides is 2. The SMILES string of the molecule is O=C(CN(c1ccccc1Cl)S(=O)(=O)c1ccccc1)N/N=C\c1ccc(OCC(=O)Nc2ccccc2)cc1. The number of anilines is 2. The summed E-state index contributed by atoms with van der Waals surface area (Å²) in [7, 11) is -4.09. The fraction of sp³-hybridized carbons (Fsp3) is 0.0690. The molecule has 0 saturated carbocycles. The molecule has 0 unspecified atom stereocenters. The molecule has 40 heavy (non-hydrogen) atoms. The summed E-state index contributed by atoms with van der Waals surface area (Å²) in [4.78, 5) is 24.8. The van der Waals surface area contributed by atoms with Gasteiger partial charge >= 0.3 is 0 Å². The molecule has 0 saturated heterocycles. The number of rotatable bonds is 11. The van der Waals surface area contributed by atoms with Gasteiger partial charge in [-0.3, -0.25) is 13.9 Å². The maximum absolute atomic E-state index is 13.3. The van der Waals surface area contributed by atoms with Crippen LogP contribution in [0.15, 0.2) is 119 Å². The highest BCUT2D eigenvalue weighted by atomic mass is 35.5. The van der Waals surface area contributed by atoms with E-state index in [1.54, 1.807) is 72.8 Å². The molecule has 0 spiro atoms. The lowest BCUT2D eigenvalue weighted by Crippen LogP contribution is -2.39. The molecular weight excluding hydrogens is 552 g/mol. The van der Waals surface area contributed by atoms with Gasteiger partial charge in [0.15, 0.2) is 6.61 Å². The van der Waals surface area contributed by atoms with Gasteiger partial charge in [0, 0.05) is 5.69 Å². The van der Waals surface area contributed by atoms with Gasteiger partial charge < -0.3 is 10.1 Å². The minimum atomic E-state index is -4.09. The number of benzene rings is 4. The van der Waals surface area contributed by atoms with Gasteiger partial charge in [-0.25, -0.2) is 13.8 Å². The average Bonchev–Trinajstić information content (AvgIpc) is 2.97. The molecular formula is C29H25ClN4O5S. The summed E-state index contributed by atoms with van der Waals surface area (Å²) in [5.41, 5.74) is 3.83. The van der Waals surface area contributed by atoms with Crippen molar-refractivity contribution in [2.24, 2.45) is 5.10 Å². The third-order valence-corrected chi connectivity index (χ3v) is 7.54. The predicted molar refractivity (Wildman–Crippen MR) is 155 cm³/mol. The standard InChI is InChI=1S/C29H25ClN4O5S/c30-26-13-7-8-14-27(26)34(40(37,38)25-11-5-2-6-12-25)20-28(35)33-31-19-22-15-17-24(18-16-22)39-21-29(36)32-23-9-3-1-4-10-23/h1-19H,20-21H2,(H,32,36)(H,33,35)/b31-19-. The summed E-state index contributed by atoms with van der Waals surface area (Å²) in [5.74, 6) is -0.481. The average molecular weight is 577 g/mol. The van der Waals surface area contributed by atoms with Crippen LogP contribution in [0.2, 0.25) is 5.02 Å². The highest BCUT2D eigenvalue weighted by molar-refractivity contribution is 7.92. The van der Waals surface area contributed by atoms with Gasteiger partial charge in [0.25, 0.3) is 21.8 Å². The van der Waals surface area contributed by atoms with Crippen LogP contribution in [0.3, 0.4) is 0 Å². The molecule has 0 atom stereocenters. The number of carbonyl (C=O) groups is 2. The highest BCUT2D eigenvalue weighted by Gasteiger charge is 2.28. The summed E-state index contributed by atoms with van der Waals surface area (Å²) in [6, 6.07) is 29.9. The van der Waals surface area contributed by atoms with E-state index in [-0.39, 0.29) is 28.1 Å². The van der Waals surface area contributed by atoms with E-state index in [0.29, 0.717) is 17.0 Å². The molecule has 0 bridgehead atoms. The largest absolute Gasteiger partial charge is 0.484 e. The van der Waals surface area contributed by atoms with Gasteiger partial charge in [-0.15, -0.1) is 0 Å². The zero-order valence-electron chi connectivity index (χ0n) is 21.1. The number of nitrogens with zero attached hydrogens (tertiary/aromatic N) is 2. The lowest BCUT2D eigenvalue weighted by Gasteiger charge is -2.24. The smallest absolute Gasteiger partial charge is 0.264 e.